The second-order valence-electron chi connectivity index (χ2n) is 3.16. The van der Waals surface area contributed by atoms with Crippen molar-refractivity contribution in [2.24, 2.45) is 0 Å². The number of nitrogens with zero attached hydrogens (tertiary/aromatic N) is 1. The number of anilines is 2. The lowest BCUT2D eigenvalue weighted by atomic mass is 10.2. The fourth-order valence-corrected chi connectivity index (χ4v) is 1.57. The van der Waals surface area contributed by atoms with E-state index < -0.39 is 0 Å². The molecule has 0 saturated heterocycles. The van der Waals surface area contributed by atoms with Gasteiger partial charge in [-0.15, -0.1) is 0 Å². The van der Waals surface area contributed by atoms with Crippen LogP contribution in [0.25, 0.3) is 0 Å². The van der Waals surface area contributed by atoms with E-state index in [0.717, 1.165) is 30.0 Å². The van der Waals surface area contributed by atoms with Gasteiger partial charge in [-0.25, -0.2) is 4.98 Å². The van der Waals surface area contributed by atoms with Crippen molar-refractivity contribution in [1.82, 2.24) is 4.98 Å². The largest absolute Gasteiger partial charge is 0.396 e. The van der Waals surface area contributed by atoms with Gasteiger partial charge in [0.1, 0.15) is 5.82 Å². The fraction of sp³-hybridized carbons (Fsp3) is 0.500. The number of nitrogen functional groups attached to an aromatic ring is 1. The van der Waals surface area contributed by atoms with Crippen LogP contribution in [0.3, 0.4) is 0 Å². The van der Waals surface area contributed by atoms with Crippen LogP contribution < -0.4 is 11.1 Å². The Morgan fingerprint density at radius 3 is 3.07 bits per heavy atom. The molecular formula is C10H17N3S. The molecule has 78 valence electrons. The number of rotatable bonds is 5. The minimum absolute atomic E-state index is 0.761. The van der Waals surface area contributed by atoms with Gasteiger partial charge in [-0.05, 0) is 37.0 Å². The second kappa shape index (κ2) is 5.75. The predicted octanol–water partition coefficient (Wildman–Crippen LogP) is 2.14. The lowest BCUT2D eigenvalue weighted by Gasteiger charge is -2.09. The monoisotopic (exact) mass is 211 g/mol. The van der Waals surface area contributed by atoms with Gasteiger partial charge in [0.15, 0.2) is 0 Å². The van der Waals surface area contributed by atoms with Crippen molar-refractivity contribution < 1.29 is 0 Å². The molecule has 3 nitrogen and oxygen atoms in total. The third-order valence-corrected chi connectivity index (χ3v) is 2.72. The van der Waals surface area contributed by atoms with Crippen LogP contribution in [0.4, 0.5) is 11.5 Å². The number of hydrogen-bond donors (Lipinski definition) is 2. The highest BCUT2D eigenvalue weighted by Gasteiger charge is 2.01. The molecule has 0 aliphatic heterocycles. The van der Waals surface area contributed by atoms with Gasteiger partial charge in [0, 0.05) is 12.7 Å². The highest BCUT2D eigenvalue weighted by Crippen LogP contribution is 2.18. The van der Waals surface area contributed by atoms with E-state index in [4.69, 9.17) is 5.73 Å². The smallest absolute Gasteiger partial charge is 0.149 e. The van der Waals surface area contributed by atoms with Crippen molar-refractivity contribution in [3.05, 3.63) is 17.8 Å². The zero-order valence-corrected chi connectivity index (χ0v) is 9.53. The van der Waals surface area contributed by atoms with Crippen LogP contribution in [-0.2, 0) is 0 Å². The first-order valence-electron chi connectivity index (χ1n) is 4.69. The number of thioether (sulfide) groups is 1. The molecule has 3 N–H and O–H groups in total. The summed E-state index contributed by atoms with van der Waals surface area (Å²) in [6.07, 6.45) is 5.03. The van der Waals surface area contributed by atoms with Crippen LogP contribution in [0.5, 0.6) is 0 Å². The summed E-state index contributed by atoms with van der Waals surface area (Å²) >= 11 is 1.85. The van der Waals surface area contributed by atoms with E-state index in [1.807, 2.05) is 24.8 Å². The summed E-state index contributed by atoms with van der Waals surface area (Å²) in [5.74, 6) is 1.98. The maximum atomic E-state index is 5.87. The van der Waals surface area contributed by atoms with Gasteiger partial charge in [0.2, 0.25) is 0 Å². The zero-order chi connectivity index (χ0) is 10.4. The van der Waals surface area contributed by atoms with Crippen molar-refractivity contribution in [2.75, 3.05) is 29.6 Å². The Hall–Kier alpha value is -0.900. The van der Waals surface area contributed by atoms with Gasteiger partial charge in [0.05, 0.1) is 5.69 Å². The van der Waals surface area contributed by atoms with Crippen molar-refractivity contribution in [3.8, 4) is 0 Å². The second-order valence-corrected chi connectivity index (χ2v) is 4.15. The Morgan fingerprint density at radius 1 is 1.57 bits per heavy atom. The maximum absolute atomic E-state index is 5.87. The standard InChI is InChI=1S/C10H17N3S/c1-8-4-6-13-10(9(8)11)12-5-3-7-14-2/h4,6H,3,5,7,11H2,1-2H3,(H,12,13). The quantitative estimate of drug-likeness (QED) is 0.733. The third kappa shape index (κ3) is 3.10. The molecule has 0 radical (unpaired) electrons. The van der Waals surface area contributed by atoms with E-state index in [1.54, 1.807) is 6.20 Å². The first-order valence-corrected chi connectivity index (χ1v) is 6.09. The van der Waals surface area contributed by atoms with Crippen LogP contribution in [0.1, 0.15) is 12.0 Å². The maximum Gasteiger partial charge on any atom is 0.149 e. The van der Waals surface area contributed by atoms with Gasteiger partial charge in [0.25, 0.3) is 0 Å². The van der Waals surface area contributed by atoms with Gasteiger partial charge < -0.3 is 11.1 Å². The fourth-order valence-electron chi connectivity index (χ4n) is 1.13. The molecule has 1 rings (SSSR count). The molecule has 1 aromatic heterocycles. The Labute approximate surface area is 89.5 Å². The molecule has 0 aliphatic rings. The van der Waals surface area contributed by atoms with Crippen LogP contribution in [-0.4, -0.2) is 23.5 Å². The van der Waals surface area contributed by atoms with E-state index in [1.165, 1.54) is 5.75 Å². The lowest BCUT2D eigenvalue weighted by Crippen LogP contribution is -2.07. The van der Waals surface area contributed by atoms with Crippen molar-refractivity contribution >= 4 is 23.3 Å². The SMILES string of the molecule is CSCCCNc1nccc(C)c1N. The number of nitrogens with two attached hydrogens (primary N) is 1. The molecule has 0 amide bonds. The summed E-state index contributed by atoms with van der Waals surface area (Å²) in [5.41, 5.74) is 7.70. The number of pyridine rings is 1. The number of aryl methyl sites for hydroxylation is 1. The average molecular weight is 211 g/mol. The minimum atomic E-state index is 0.761. The van der Waals surface area contributed by atoms with Gasteiger partial charge in [-0.1, -0.05) is 0 Å². The molecule has 0 unspecified atom stereocenters. The van der Waals surface area contributed by atoms with E-state index in [-0.39, 0.29) is 0 Å². The Balaban J connectivity index is 2.46. The van der Waals surface area contributed by atoms with Crippen LogP contribution in [0, 0.1) is 6.92 Å². The van der Waals surface area contributed by atoms with Gasteiger partial charge in [-0.3, -0.25) is 0 Å². The lowest BCUT2D eigenvalue weighted by molar-refractivity contribution is 0.982. The van der Waals surface area contributed by atoms with Crippen LogP contribution in [0.15, 0.2) is 12.3 Å². The first kappa shape index (κ1) is 11.2. The molecule has 0 saturated carbocycles. The average Bonchev–Trinajstić information content (AvgIpc) is 2.19. The Bertz CT molecular complexity index is 289. The molecule has 1 heterocycles. The Morgan fingerprint density at radius 2 is 2.36 bits per heavy atom. The summed E-state index contributed by atoms with van der Waals surface area (Å²) in [4.78, 5) is 4.19. The van der Waals surface area contributed by atoms with Crippen LogP contribution in [0.2, 0.25) is 0 Å². The number of nitrogens with one attached hydrogen (secondary N) is 1. The molecule has 0 atom stereocenters. The summed E-state index contributed by atoms with van der Waals surface area (Å²) < 4.78 is 0. The number of aromatic nitrogens is 1. The molecule has 0 fully saturated rings. The van der Waals surface area contributed by atoms with Crippen LogP contribution >= 0.6 is 11.8 Å². The molecule has 0 spiro atoms. The predicted molar refractivity (Wildman–Crippen MR) is 64.9 cm³/mol. The molecule has 0 aliphatic carbocycles. The molecule has 0 bridgehead atoms. The molecule has 1 aromatic rings. The van der Waals surface area contributed by atoms with E-state index >= 15 is 0 Å². The normalized spacial score (nSPS) is 10.1. The topological polar surface area (TPSA) is 50.9 Å². The van der Waals surface area contributed by atoms with Crippen molar-refractivity contribution in [1.29, 1.82) is 0 Å². The van der Waals surface area contributed by atoms with E-state index in [2.05, 4.69) is 16.6 Å². The highest BCUT2D eigenvalue weighted by molar-refractivity contribution is 7.98. The summed E-state index contributed by atoms with van der Waals surface area (Å²) in [6.45, 7) is 2.92. The van der Waals surface area contributed by atoms with Crippen molar-refractivity contribution in [2.45, 2.75) is 13.3 Å². The molecular weight excluding hydrogens is 194 g/mol. The highest BCUT2D eigenvalue weighted by atomic mass is 32.2. The van der Waals surface area contributed by atoms with Gasteiger partial charge in [-0.2, -0.15) is 11.8 Å². The first-order chi connectivity index (χ1) is 6.75. The Kier molecular flexibility index (Phi) is 4.59. The zero-order valence-electron chi connectivity index (χ0n) is 8.71. The summed E-state index contributed by atoms with van der Waals surface area (Å²) in [6, 6.07) is 1.92. The molecule has 14 heavy (non-hydrogen) atoms. The molecule has 0 aromatic carbocycles. The summed E-state index contributed by atoms with van der Waals surface area (Å²) in [7, 11) is 0. The minimum Gasteiger partial charge on any atom is -0.396 e. The summed E-state index contributed by atoms with van der Waals surface area (Å²) in [5, 5.41) is 3.24. The third-order valence-electron chi connectivity index (χ3n) is 2.03. The van der Waals surface area contributed by atoms with E-state index in [0.29, 0.717) is 0 Å². The van der Waals surface area contributed by atoms with E-state index in [9.17, 15) is 0 Å². The van der Waals surface area contributed by atoms with Crippen molar-refractivity contribution in [3.63, 3.8) is 0 Å². The molecule has 4 heteroatoms. The van der Waals surface area contributed by atoms with Gasteiger partial charge >= 0.3 is 0 Å². The number of hydrogen-bond acceptors (Lipinski definition) is 4.